The van der Waals surface area contributed by atoms with Crippen molar-refractivity contribution in [1.82, 2.24) is 0 Å². The van der Waals surface area contributed by atoms with Gasteiger partial charge in [-0.15, -0.1) is 0 Å². The van der Waals surface area contributed by atoms with Crippen LogP contribution in [-0.4, -0.2) is 96.0 Å². The third-order valence-electron chi connectivity index (χ3n) is 7.37. The third kappa shape index (κ3) is 4.80. The van der Waals surface area contributed by atoms with Gasteiger partial charge in [-0.1, -0.05) is 0 Å². The first-order valence-corrected chi connectivity index (χ1v) is 12.6. The number of hydrogen-bond acceptors (Lipinski definition) is 13. The molecule has 0 aliphatic carbocycles. The smallest absolute Gasteiger partial charge is 0.197 e. The zero-order valence-corrected chi connectivity index (χ0v) is 21.4. The van der Waals surface area contributed by atoms with E-state index in [1.807, 2.05) is 0 Å². The monoisotopic (exact) mass is 562 g/mol. The summed E-state index contributed by atoms with van der Waals surface area (Å²) in [4.78, 5) is 13.1. The van der Waals surface area contributed by atoms with Crippen LogP contribution in [0.2, 0.25) is 0 Å². The van der Waals surface area contributed by atoms with Crippen molar-refractivity contribution in [2.45, 2.75) is 75.1 Å². The Morgan fingerprint density at radius 3 is 2.08 bits per heavy atom. The molecule has 0 amide bonds. The van der Waals surface area contributed by atoms with Crippen LogP contribution in [0, 0.1) is 0 Å². The molecule has 2 aliphatic heterocycles. The molecule has 2 aromatic carbocycles. The van der Waals surface area contributed by atoms with E-state index in [2.05, 4.69) is 0 Å². The van der Waals surface area contributed by atoms with Gasteiger partial charge in [0.1, 0.15) is 76.7 Å². The molecule has 0 saturated carbocycles. The molecule has 40 heavy (non-hydrogen) atoms. The number of phenolic OH excluding ortho intramolecular Hbond substituents is 3. The SMILES string of the molecule is C[C@@H]1O[C@@H](O[C@@H]2[C@@H](O)[C@@H](O)[C@H](C)O[C@@H]2c2c(O)cc3oc(-c4ccc(O)cc4)cc(=O)c3c2O)[C@H](O)[C@H](O)[C@H]1O. The highest BCUT2D eigenvalue weighted by Gasteiger charge is 2.50. The molecule has 2 aliphatic rings. The van der Waals surface area contributed by atoms with Crippen LogP contribution in [0.25, 0.3) is 22.3 Å². The van der Waals surface area contributed by atoms with Crippen LogP contribution >= 0.6 is 0 Å². The van der Waals surface area contributed by atoms with Crippen LogP contribution in [0.4, 0.5) is 0 Å². The maximum absolute atomic E-state index is 13.1. The number of rotatable bonds is 4. The van der Waals surface area contributed by atoms with Crippen LogP contribution in [0.15, 0.2) is 45.6 Å². The Balaban J connectivity index is 1.57. The van der Waals surface area contributed by atoms with E-state index in [1.54, 1.807) is 0 Å². The van der Waals surface area contributed by atoms with E-state index < -0.39 is 78.2 Å². The molecule has 0 spiro atoms. The lowest BCUT2D eigenvalue weighted by Gasteiger charge is -2.46. The number of phenols is 3. The summed E-state index contributed by atoms with van der Waals surface area (Å²) >= 11 is 0. The van der Waals surface area contributed by atoms with Crippen molar-refractivity contribution in [3.8, 4) is 28.6 Å². The highest BCUT2D eigenvalue weighted by molar-refractivity contribution is 5.88. The Bertz CT molecular complexity index is 1440. The highest BCUT2D eigenvalue weighted by Crippen LogP contribution is 2.46. The molecule has 216 valence electrons. The number of ether oxygens (including phenoxy) is 3. The van der Waals surface area contributed by atoms with Crippen LogP contribution in [0.5, 0.6) is 17.2 Å². The topological polar surface area (TPSA) is 220 Å². The molecular formula is C27H30O13. The molecule has 1 aromatic heterocycles. The Kier molecular flexibility index (Phi) is 7.50. The van der Waals surface area contributed by atoms with Gasteiger partial charge in [-0.3, -0.25) is 4.79 Å². The average Bonchev–Trinajstić information content (AvgIpc) is 2.91. The van der Waals surface area contributed by atoms with Crippen molar-refractivity contribution < 1.29 is 59.5 Å². The molecule has 10 atom stereocenters. The second-order valence-electron chi connectivity index (χ2n) is 10.1. The lowest BCUT2D eigenvalue weighted by atomic mass is 9.89. The number of benzene rings is 2. The Morgan fingerprint density at radius 2 is 1.40 bits per heavy atom. The maximum Gasteiger partial charge on any atom is 0.197 e. The molecule has 3 heterocycles. The van der Waals surface area contributed by atoms with Gasteiger partial charge in [-0.25, -0.2) is 0 Å². The molecule has 3 aromatic rings. The quantitative estimate of drug-likeness (QED) is 0.210. The number of aliphatic hydroxyl groups is 5. The normalized spacial score (nSPS) is 34.7. The Labute approximate surface area is 226 Å². The maximum atomic E-state index is 13.1. The first kappa shape index (κ1) is 28.3. The molecule has 5 rings (SSSR count). The van der Waals surface area contributed by atoms with E-state index in [0.29, 0.717) is 5.56 Å². The van der Waals surface area contributed by atoms with Gasteiger partial charge in [-0.2, -0.15) is 0 Å². The van der Waals surface area contributed by atoms with Gasteiger partial charge in [0.25, 0.3) is 0 Å². The first-order valence-electron chi connectivity index (χ1n) is 12.6. The van der Waals surface area contributed by atoms with Gasteiger partial charge in [-0.05, 0) is 38.1 Å². The summed E-state index contributed by atoms with van der Waals surface area (Å²) < 4.78 is 22.8. The summed E-state index contributed by atoms with van der Waals surface area (Å²) in [6.07, 6.45) is -14.8. The summed E-state index contributed by atoms with van der Waals surface area (Å²) in [5.74, 6) is -1.22. The highest BCUT2D eigenvalue weighted by atomic mass is 16.7. The Morgan fingerprint density at radius 1 is 0.775 bits per heavy atom. The van der Waals surface area contributed by atoms with Gasteiger partial charge >= 0.3 is 0 Å². The predicted octanol–water partition coefficient (Wildman–Crippen LogP) is -0.0289. The minimum Gasteiger partial charge on any atom is -0.508 e. The van der Waals surface area contributed by atoms with E-state index >= 15 is 0 Å². The molecule has 13 heteroatoms. The van der Waals surface area contributed by atoms with Gasteiger partial charge < -0.3 is 59.5 Å². The van der Waals surface area contributed by atoms with E-state index in [9.17, 15) is 45.6 Å². The second kappa shape index (κ2) is 10.6. The molecule has 8 N–H and O–H groups in total. The van der Waals surface area contributed by atoms with Gasteiger partial charge in [0.15, 0.2) is 11.7 Å². The minimum atomic E-state index is -1.76. The Hall–Kier alpha value is -3.27. The minimum absolute atomic E-state index is 0.00361. The standard InChI is InChI=1S/C27H30O13/c1-9-20(32)23(35)26(40-27-24(36)22(34)19(31)10(2)38-27)25(37-9)18-14(30)8-16-17(21(18)33)13(29)7-15(39-16)11-3-5-12(28)6-4-11/h3-10,19-20,22-28,30-36H,1-2H3/t9-,10-,19-,20-,22+,23-,24+,25+,26+,27-/m0/s1. The largest absolute Gasteiger partial charge is 0.508 e. The fourth-order valence-electron chi connectivity index (χ4n) is 5.06. The molecule has 2 fully saturated rings. The van der Waals surface area contributed by atoms with Crippen LogP contribution in [0.1, 0.15) is 25.5 Å². The van der Waals surface area contributed by atoms with Crippen molar-refractivity contribution >= 4 is 11.0 Å². The van der Waals surface area contributed by atoms with Crippen LogP contribution in [0.3, 0.4) is 0 Å². The molecule has 2 saturated heterocycles. The fraction of sp³-hybridized carbons (Fsp3) is 0.444. The van der Waals surface area contributed by atoms with Crippen molar-refractivity contribution in [2.24, 2.45) is 0 Å². The summed E-state index contributed by atoms with van der Waals surface area (Å²) in [5.41, 5.74) is -0.767. The number of hydrogen-bond donors (Lipinski definition) is 8. The van der Waals surface area contributed by atoms with E-state index in [-0.39, 0.29) is 28.0 Å². The number of fused-ring (bicyclic) bond motifs is 1. The van der Waals surface area contributed by atoms with Crippen molar-refractivity contribution in [2.75, 3.05) is 0 Å². The fourth-order valence-corrected chi connectivity index (χ4v) is 5.06. The van der Waals surface area contributed by atoms with Crippen molar-refractivity contribution in [3.05, 3.63) is 52.2 Å². The molecule has 13 nitrogen and oxygen atoms in total. The van der Waals surface area contributed by atoms with Crippen LogP contribution in [-0.2, 0) is 14.2 Å². The molecule has 0 bridgehead atoms. The zero-order valence-electron chi connectivity index (χ0n) is 21.4. The zero-order chi connectivity index (χ0) is 29.0. The van der Waals surface area contributed by atoms with Crippen molar-refractivity contribution in [3.63, 3.8) is 0 Å². The predicted molar refractivity (Wildman–Crippen MR) is 135 cm³/mol. The second-order valence-corrected chi connectivity index (χ2v) is 10.1. The van der Waals surface area contributed by atoms with Crippen LogP contribution < -0.4 is 5.43 Å². The van der Waals surface area contributed by atoms with E-state index in [4.69, 9.17) is 18.6 Å². The number of aliphatic hydroxyl groups excluding tert-OH is 5. The summed E-state index contributed by atoms with van der Waals surface area (Å²) in [7, 11) is 0. The molecule has 0 radical (unpaired) electrons. The van der Waals surface area contributed by atoms with Gasteiger partial charge in [0.05, 0.1) is 17.8 Å². The van der Waals surface area contributed by atoms with E-state index in [1.165, 1.54) is 38.1 Å². The average molecular weight is 563 g/mol. The summed E-state index contributed by atoms with van der Waals surface area (Å²) in [5, 5.41) is 83.4. The number of aromatic hydroxyl groups is 3. The third-order valence-corrected chi connectivity index (χ3v) is 7.37. The lowest BCUT2D eigenvalue weighted by molar-refractivity contribution is -0.336. The lowest BCUT2D eigenvalue weighted by Crippen LogP contribution is -2.61. The molecule has 0 unspecified atom stereocenters. The first-order chi connectivity index (χ1) is 18.9. The van der Waals surface area contributed by atoms with E-state index in [0.717, 1.165) is 12.1 Å². The van der Waals surface area contributed by atoms with Gasteiger partial charge in [0.2, 0.25) is 0 Å². The summed E-state index contributed by atoms with van der Waals surface area (Å²) in [6.45, 7) is 2.85. The van der Waals surface area contributed by atoms with Crippen molar-refractivity contribution in [1.29, 1.82) is 0 Å². The summed E-state index contributed by atoms with van der Waals surface area (Å²) in [6, 6.07) is 8.01. The van der Waals surface area contributed by atoms with Gasteiger partial charge in [0, 0.05) is 17.7 Å². The molecular weight excluding hydrogens is 532 g/mol.